The van der Waals surface area contributed by atoms with Gasteiger partial charge in [-0.1, -0.05) is 31.9 Å². The first kappa shape index (κ1) is 19.6. The lowest BCUT2D eigenvalue weighted by Gasteiger charge is -2.13. The van der Waals surface area contributed by atoms with E-state index in [1.165, 1.54) is 0 Å². The average molecular weight is 356 g/mol. The monoisotopic (exact) mass is 356 g/mol. The molecule has 3 N–H and O–H groups in total. The number of phenols is 1. The molecule has 2 rings (SSSR count). The van der Waals surface area contributed by atoms with Crippen LogP contribution < -0.4 is 15.4 Å². The zero-order chi connectivity index (χ0) is 18.8. The van der Waals surface area contributed by atoms with Crippen LogP contribution in [0.4, 0.5) is 5.69 Å². The molecule has 0 aromatic heterocycles. The van der Waals surface area contributed by atoms with Gasteiger partial charge >= 0.3 is 0 Å². The third-order valence-corrected chi connectivity index (χ3v) is 4.15. The maximum atomic E-state index is 12.4. The van der Waals surface area contributed by atoms with Crippen LogP contribution in [0.5, 0.6) is 11.5 Å². The van der Waals surface area contributed by atoms with Gasteiger partial charge in [0.2, 0.25) is 0 Å². The number of anilines is 1. The minimum absolute atomic E-state index is 0.121. The lowest BCUT2D eigenvalue weighted by atomic mass is 10.1. The molecule has 0 saturated heterocycles. The molecule has 0 aliphatic heterocycles. The van der Waals surface area contributed by atoms with Crippen molar-refractivity contribution in [1.29, 1.82) is 0 Å². The number of ether oxygens (including phenoxy) is 1. The van der Waals surface area contributed by atoms with Crippen molar-refractivity contribution in [3.05, 3.63) is 53.6 Å². The molecule has 0 heterocycles. The first-order chi connectivity index (χ1) is 12.6. The van der Waals surface area contributed by atoms with Crippen LogP contribution in [0.2, 0.25) is 0 Å². The Morgan fingerprint density at radius 1 is 1.12 bits per heavy atom. The summed E-state index contributed by atoms with van der Waals surface area (Å²) in [7, 11) is 1.84. The molecule has 0 atom stereocenters. The first-order valence-electron chi connectivity index (χ1n) is 9.14. The van der Waals surface area contributed by atoms with Gasteiger partial charge in [-0.2, -0.15) is 0 Å². The molecule has 0 aliphatic rings. The quantitative estimate of drug-likeness (QED) is 0.563. The van der Waals surface area contributed by atoms with Gasteiger partial charge in [0.05, 0.1) is 12.3 Å². The summed E-state index contributed by atoms with van der Waals surface area (Å²) in [6, 6.07) is 12.4. The van der Waals surface area contributed by atoms with Gasteiger partial charge in [0.25, 0.3) is 5.91 Å². The maximum Gasteiger partial charge on any atom is 0.251 e. The minimum atomic E-state index is -0.121. The fourth-order valence-corrected chi connectivity index (χ4v) is 2.61. The Bertz CT molecular complexity index is 699. The highest BCUT2D eigenvalue weighted by atomic mass is 16.5. The fraction of sp³-hybridized carbons (Fsp3) is 0.381. The molecule has 26 heavy (non-hydrogen) atoms. The highest BCUT2D eigenvalue weighted by Crippen LogP contribution is 2.26. The average Bonchev–Trinajstić information content (AvgIpc) is 2.66. The number of carbonyl (C=O) groups is 1. The number of amides is 1. The minimum Gasteiger partial charge on any atom is -0.508 e. The third-order valence-electron chi connectivity index (χ3n) is 4.15. The molecule has 0 bridgehead atoms. The number of benzene rings is 2. The number of aromatic hydroxyl groups is 1. The van der Waals surface area contributed by atoms with Crippen molar-refractivity contribution in [1.82, 2.24) is 5.32 Å². The number of unbranched alkanes of at least 4 members (excludes halogenated alkanes) is 2. The van der Waals surface area contributed by atoms with Gasteiger partial charge in [0.15, 0.2) is 0 Å². The van der Waals surface area contributed by atoms with E-state index in [-0.39, 0.29) is 11.7 Å². The summed E-state index contributed by atoms with van der Waals surface area (Å²) in [5.41, 5.74) is 2.52. The number of carbonyl (C=O) groups excluding carboxylic acids is 1. The normalized spacial score (nSPS) is 10.4. The topological polar surface area (TPSA) is 70.6 Å². The molecule has 1 amide bonds. The molecule has 2 aromatic carbocycles. The van der Waals surface area contributed by atoms with Gasteiger partial charge in [0, 0.05) is 19.2 Å². The molecule has 0 fully saturated rings. The maximum absolute atomic E-state index is 12.4. The van der Waals surface area contributed by atoms with Crippen molar-refractivity contribution in [2.24, 2.45) is 0 Å². The summed E-state index contributed by atoms with van der Waals surface area (Å²) in [5, 5.41) is 15.3. The fourth-order valence-electron chi connectivity index (χ4n) is 2.61. The zero-order valence-electron chi connectivity index (χ0n) is 15.5. The number of nitrogens with one attached hydrogen (secondary N) is 2. The Hall–Kier alpha value is -2.69. The first-order valence-corrected chi connectivity index (χ1v) is 9.14. The molecule has 0 aliphatic carbocycles. The van der Waals surface area contributed by atoms with Crippen LogP contribution in [0.25, 0.3) is 0 Å². The molecule has 5 nitrogen and oxygen atoms in total. The lowest BCUT2D eigenvalue weighted by molar-refractivity contribution is 0.0953. The van der Waals surface area contributed by atoms with Crippen LogP contribution in [-0.2, 0) is 6.42 Å². The Morgan fingerprint density at radius 2 is 1.88 bits per heavy atom. The van der Waals surface area contributed by atoms with E-state index in [1.807, 2.05) is 25.2 Å². The van der Waals surface area contributed by atoms with Crippen molar-refractivity contribution in [2.75, 3.05) is 25.5 Å². The van der Waals surface area contributed by atoms with E-state index in [2.05, 4.69) is 17.6 Å². The third kappa shape index (κ3) is 5.99. The molecule has 2 aromatic rings. The van der Waals surface area contributed by atoms with Crippen molar-refractivity contribution < 1.29 is 14.6 Å². The van der Waals surface area contributed by atoms with Crippen molar-refractivity contribution in [3.8, 4) is 11.5 Å². The summed E-state index contributed by atoms with van der Waals surface area (Å²) in [5.74, 6) is 0.827. The molecule has 5 heteroatoms. The number of hydrogen-bond acceptors (Lipinski definition) is 4. The van der Waals surface area contributed by atoms with E-state index in [4.69, 9.17) is 4.74 Å². The van der Waals surface area contributed by atoms with Gasteiger partial charge < -0.3 is 20.5 Å². The van der Waals surface area contributed by atoms with Crippen LogP contribution in [0.3, 0.4) is 0 Å². The molecule has 0 radical (unpaired) electrons. The van der Waals surface area contributed by atoms with Crippen molar-refractivity contribution >= 4 is 11.6 Å². The van der Waals surface area contributed by atoms with E-state index < -0.39 is 0 Å². The molecular formula is C21H28N2O3. The summed E-state index contributed by atoms with van der Waals surface area (Å²) < 4.78 is 5.84. The molecule has 0 unspecified atom stereocenters. The van der Waals surface area contributed by atoms with Crippen molar-refractivity contribution in [3.63, 3.8) is 0 Å². The highest BCUT2D eigenvalue weighted by molar-refractivity contribution is 5.95. The van der Waals surface area contributed by atoms with Crippen LogP contribution in [-0.4, -0.2) is 31.2 Å². The lowest BCUT2D eigenvalue weighted by Crippen LogP contribution is -2.25. The summed E-state index contributed by atoms with van der Waals surface area (Å²) in [6.07, 6.45) is 3.99. The van der Waals surface area contributed by atoms with Crippen LogP contribution in [0.1, 0.15) is 42.1 Å². The summed E-state index contributed by atoms with van der Waals surface area (Å²) in [6.45, 7) is 3.33. The predicted octanol–water partition coefficient (Wildman–Crippen LogP) is 3.98. The second-order valence-corrected chi connectivity index (χ2v) is 6.19. The molecule has 0 saturated carbocycles. The van der Waals surface area contributed by atoms with E-state index in [9.17, 15) is 9.90 Å². The SMILES string of the molecule is CCCCCOc1cc(C(=O)NCCc2ccc(O)cc2)ccc1NC. The van der Waals surface area contributed by atoms with E-state index in [1.54, 1.807) is 24.3 Å². The largest absolute Gasteiger partial charge is 0.508 e. The van der Waals surface area contributed by atoms with Gasteiger partial charge in [-0.25, -0.2) is 0 Å². The Kier molecular flexibility index (Phi) is 7.80. The Labute approximate surface area is 155 Å². The van der Waals surface area contributed by atoms with E-state index >= 15 is 0 Å². The van der Waals surface area contributed by atoms with Gasteiger partial charge in [-0.05, 0) is 48.7 Å². The number of phenolic OH excluding ortho intramolecular Hbond substituents is 1. The second-order valence-electron chi connectivity index (χ2n) is 6.19. The van der Waals surface area contributed by atoms with E-state index in [0.717, 1.165) is 30.5 Å². The standard InChI is InChI=1S/C21H28N2O3/c1-3-4-5-14-26-20-15-17(8-11-19(20)22-2)21(25)23-13-12-16-6-9-18(24)10-7-16/h6-11,15,22,24H,3-5,12-14H2,1-2H3,(H,23,25). The predicted molar refractivity (Wildman–Crippen MR) is 105 cm³/mol. The van der Waals surface area contributed by atoms with Crippen LogP contribution in [0.15, 0.2) is 42.5 Å². The van der Waals surface area contributed by atoms with E-state index in [0.29, 0.717) is 30.9 Å². The molecule has 0 spiro atoms. The molecular weight excluding hydrogens is 328 g/mol. The second kappa shape index (κ2) is 10.3. The summed E-state index contributed by atoms with van der Waals surface area (Å²) in [4.78, 5) is 12.4. The number of rotatable bonds is 10. The van der Waals surface area contributed by atoms with Crippen molar-refractivity contribution in [2.45, 2.75) is 32.6 Å². The summed E-state index contributed by atoms with van der Waals surface area (Å²) >= 11 is 0. The zero-order valence-corrected chi connectivity index (χ0v) is 15.5. The van der Waals surface area contributed by atoms with Gasteiger partial charge in [-0.15, -0.1) is 0 Å². The van der Waals surface area contributed by atoms with Gasteiger partial charge in [-0.3, -0.25) is 4.79 Å². The van der Waals surface area contributed by atoms with Crippen LogP contribution in [0, 0.1) is 0 Å². The van der Waals surface area contributed by atoms with Gasteiger partial charge in [0.1, 0.15) is 11.5 Å². The Morgan fingerprint density at radius 3 is 2.58 bits per heavy atom. The van der Waals surface area contributed by atoms with Crippen LogP contribution >= 0.6 is 0 Å². The Balaban J connectivity index is 1.91. The molecule has 140 valence electrons. The number of hydrogen-bond donors (Lipinski definition) is 3. The highest BCUT2D eigenvalue weighted by Gasteiger charge is 2.10. The smallest absolute Gasteiger partial charge is 0.251 e.